The first-order valence-electron chi connectivity index (χ1n) is 10.8. The largest absolute Gasteiger partial charge is 0.493 e. The lowest BCUT2D eigenvalue weighted by molar-refractivity contribution is 0.324. The molecule has 7 nitrogen and oxygen atoms in total. The van der Waals surface area contributed by atoms with E-state index in [1.807, 2.05) is 17.5 Å². The van der Waals surface area contributed by atoms with Crippen molar-refractivity contribution in [2.45, 2.75) is 29.4 Å². The predicted octanol–water partition coefficient (Wildman–Crippen LogP) is 4.86. The number of benzene rings is 2. The van der Waals surface area contributed by atoms with Crippen LogP contribution in [0.4, 0.5) is 5.13 Å². The number of methoxy groups -OCH3 is 3. The zero-order valence-corrected chi connectivity index (χ0v) is 21.7. The van der Waals surface area contributed by atoms with Gasteiger partial charge in [0.05, 0.1) is 37.2 Å². The van der Waals surface area contributed by atoms with Crippen LogP contribution in [-0.2, 0) is 16.3 Å². The number of ether oxygens (including phenoxy) is 3. The second-order valence-electron chi connectivity index (χ2n) is 8.02. The Kier molecular flexibility index (Phi) is 7.54. The third-order valence-corrected chi connectivity index (χ3v) is 9.42. The van der Waals surface area contributed by atoms with E-state index < -0.39 is 15.1 Å². The van der Waals surface area contributed by atoms with Crippen molar-refractivity contribution in [2.75, 3.05) is 39.3 Å². The van der Waals surface area contributed by atoms with Crippen molar-refractivity contribution >= 4 is 37.9 Å². The van der Waals surface area contributed by atoms with Gasteiger partial charge in [-0.25, -0.2) is 13.4 Å². The molecule has 1 saturated heterocycles. The maximum atomic E-state index is 13.0. The summed E-state index contributed by atoms with van der Waals surface area (Å²) in [5.41, 5.74) is 1.93. The molecule has 34 heavy (non-hydrogen) atoms. The summed E-state index contributed by atoms with van der Waals surface area (Å²) in [6.45, 7) is 1.29. The molecule has 0 atom stereocenters. The summed E-state index contributed by atoms with van der Waals surface area (Å²) in [4.78, 5) is 7.30. The van der Waals surface area contributed by atoms with Crippen LogP contribution < -0.4 is 19.1 Å². The van der Waals surface area contributed by atoms with Crippen LogP contribution >= 0.6 is 22.9 Å². The number of sulfone groups is 1. The molecule has 4 rings (SSSR count). The van der Waals surface area contributed by atoms with E-state index in [1.165, 1.54) is 0 Å². The quantitative estimate of drug-likeness (QED) is 0.418. The molecular weight excluding hydrogens is 496 g/mol. The maximum absolute atomic E-state index is 13.0. The minimum Gasteiger partial charge on any atom is -0.493 e. The second kappa shape index (κ2) is 10.4. The third kappa shape index (κ3) is 5.11. The Bertz CT molecular complexity index is 1210. The molecule has 2 heterocycles. The van der Waals surface area contributed by atoms with Gasteiger partial charge in [0, 0.05) is 29.9 Å². The number of hydrogen-bond donors (Lipinski definition) is 0. The average Bonchev–Trinajstić information content (AvgIpc) is 3.32. The summed E-state index contributed by atoms with van der Waals surface area (Å²) >= 11 is 7.48. The summed E-state index contributed by atoms with van der Waals surface area (Å²) in [6.07, 6.45) is 1.74. The third-order valence-electron chi connectivity index (χ3n) is 5.94. The highest BCUT2D eigenvalue weighted by Gasteiger charge is 2.32. The maximum Gasteiger partial charge on any atom is 0.203 e. The molecule has 0 unspecified atom stereocenters. The summed E-state index contributed by atoms with van der Waals surface area (Å²) in [5.74, 6) is 1.77. The highest BCUT2D eigenvalue weighted by Crippen LogP contribution is 2.39. The predicted molar refractivity (Wildman–Crippen MR) is 135 cm³/mol. The SMILES string of the molecule is COc1cc(Cc2csc(N3CCC(S(=O)(=O)c4ccc(Cl)cc4)CC3)n2)cc(OC)c1OC. The molecule has 10 heteroatoms. The molecule has 0 spiro atoms. The normalized spacial score (nSPS) is 14.8. The Morgan fingerprint density at radius 3 is 2.21 bits per heavy atom. The number of rotatable bonds is 8. The minimum atomic E-state index is -3.38. The fraction of sp³-hybridized carbons (Fsp3) is 0.375. The van der Waals surface area contributed by atoms with E-state index in [0.29, 0.717) is 59.5 Å². The molecule has 0 amide bonds. The fourth-order valence-corrected chi connectivity index (χ4v) is 6.88. The molecule has 2 aromatic carbocycles. The van der Waals surface area contributed by atoms with E-state index in [1.54, 1.807) is 56.9 Å². The first-order chi connectivity index (χ1) is 16.3. The number of hydrogen-bond acceptors (Lipinski definition) is 8. The number of nitrogens with zero attached hydrogens (tertiary/aromatic N) is 2. The van der Waals surface area contributed by atoms with E-state index >= 15 is 0 Å². The number of halogens is 1. The van der Waals surface area contributed by atoms with Gasteiger partial charge in [-0.1, -0.05) is 11.6 Å². The Labute approximate surface area is 209 Å². The molecule has 0 aliphatic carbocycles. The van der Waals surface area contributed by atoms with Crippen molar-refractivity contribution in [3.05, 3.63) is 58.1 Å². The van der Waals surface area contributed by atoms with Crippen LogP contribution in [0.25, 0.3) is 0 Å². The van der Waals surface area contributed by atoms with Crippen LogP contribution in [0.1, 0.15) is 24.1 Å². The Hall–Kier alpha value is -2.49. The lowest BCUT2D eigenvalue weighted by Gasteiger charge is -2.31. The van der Waals surface area contributed by atoms with Gasteiger partial charge >= 0.3 is 0 Å². The minimum absolute atomic E-state index is 0.331. The number of anilines is 1. The molecule has 1 aromatic heterocycles. The van der Waals surface area contributed by atoms with Crippen molar-refractivity contribution in [3.63, 3.8) is 0 Å². The molecule has 1 aliphatic rings. The van der Waals surface area contributed by atoms with Gasteiger partial charge in [-0.2, -0.15) is 0 Å². The highest BCUT2D eigenvalue weighted by atomic mass is 35.5. The lowest BCUT2D eigenvalue weighted by atomic mass is 10.1. The number of thiazole rings is 1. The summed E-state index contributed by atoms with van der Waals surface area (Å²) < 4.78 is 42.3. The Morgan fingerprint density at radius 2 is 1.65 bits per heavy atom. The highest BCUT2D eigenvalue weighted by molar-refractivity contribution is 7.92. The average molecular weight is 523 g/mol. The van der Waals surface area contributed by atoms with Gasteiger partial charge in [0.1, 0.15) is 0 Å². The molecule has 0 bridgehead atoms. The van der Waals surface area contributed by atoms with Crippen molar-refractivity contribution in [2.24, 2.45) is 0 Å². The summed E-state index contributed by atoms with van der Waals surface area (Å²) in [7, 11) is 1.40. The molecule has 1 aliphatic heterocycles. The van der Waals surface area contributed by atoms with Crippen LogP contribution in [0, 0.1) is 0 Å². The molecule has 0 saturated carbocycles. The van der Waals surface area contributed by atoms with Crippen LogP contribution in [-0.4, -0.2) is 53.1 Å². The molecule has 0 radical (unpaired) electrons. The fourth-order valence-electron chi connectivity index (χ4n) is 4.14. The van der Waals surface area contributed by atoms with E-state index in [-0.39, 0.29) is 0 Å². The summed E-state index contributed by atoms with van der Waals surface area (Å²) in [5, 5.41) is 3.07. The van der Waals surface area contributed by atoms with E-state index in [2.05, 4.69) is 4.90 Å². The van der Waals surface area contributed by atoms with Gasteiger partial charge in [0.15, 0.2) is 26.5 Å². The van der Waals surface area contributed by atoms with Crippen LogP contribution in [0.2, 0.25) is 5.02 Å². The molecule has 3 aromatic rings. The van der Waals surface area contributed by atoms with E-state index in [4.69, 9.17) is 30.8 Å². The van der Waals surface area contributed by atoms with E-state index in [0.717, 1.165) is 16.4 Å². The first kappa shape index (κ1) is 24.6. The second-order valence-corrected chi connectivity index (χ2v) is 11.5. The topological polar surface area (TPSA) is 78.0 Å². The van der Waals surface area contributed by atoms with Gasteiger partial charge in [0.25, 0.3) is 0 Å². The van der Waals surface area contributed by atoms with Crippen molar-refractivity contribution in [3.8, 4) is 17.2 Å². The molecule has 182 valence electrons. The van der Waals surface area contributed by atoms with Crippen LogP contribution in [0.15, 0.2) is 46.7 Å². The zero-order chi connectivity index (χ0) is 24.3. The number of piperidine rings is 1. The Balaban J connectivity index is 1.42. The molecule has 1 fully saturated rings. The van der Waals surface area contributed by atoms with Gasteiger partial charge in [-0.3, -0.25) is 0 Å². The standard InChI is InChI=1S/C24H27ClN2O5S2/c1-30-21-13-16(14-22(31-2)23(21)32-3)12-18-15-33-24(26-18)27-10-8-20(9-11-27)34(28,29)19-6-4-17(25)5-7-19/h4-7,13-15,20H,8-12H2,1-3H3. The van der Waals surface area contributed by atoms with E-state index in [9.17, 15) is 8.42 Å². The van der Waals surface area contributed by atoms with Gasteiger partial charge in [-0.05, 0) is 54.8 Å². The smallest absolute Gasteiger partial charge is 0.203 e. The van der Waals surface area contributed by atoms with Crippen molar-refractivity contribution in [1.82, 2.24) is 4.98 Å². The molecular formula is C24H27ClN2O5S2. The summed E-state index contributed by atoms with van der Waals surface area (Å²) in [6, 6.07) is 10.3. The lowest BCUT2D eigenvalue weighted by Crippen LogP contribution is -2.39. The van der Waals surface area contributed by atoms with Gasteiger partial charge < -0.3 is 19.1 Å². The van der Waals surface area contributed by atoms with Crippen molar-refractivity contribution < 1.29 is 22.6 Å². The monoisotopic (exact) mass is 522 g/mol. The zero-order valence-electron chi connectivity index (χ0n) is 19.3. The number of aromatic nitrogens is 1. The van der Waals surface area contributed by atoms with Crippen LogP contribution in [0.3, 0.4) is 0 Å². The van der Waals surface area contributed by atoms with Crippen molar-refractivity contribution in [1.29, 1.82) is 0 Å². The van der Waals surface area contributed by atoms with Crippen LogP contribution in [0.5, 0.6) is 17.2 Å². The van der Waals surface area contributed by atoms with Gasteiger partial charge in [-0.15, -0.1) is 11.3 Å². The molecule has 0 N–H and O–H groups in total. The van der Waals surface area contributed by atoms with Gasteiger partial charge in [0.2, 0.25) is 5.75 Å². The Morgan fingerprint density at radius 1 is 1.03 bits per heavy atom. The first-order valence-corrected chi connectivity index (χ1v) is 13.6.